The number of aryl methyl sites for hydroxylation is 2. The molecule has 0 saturated heterocycles. The van der Waals surface area contributed by atoms with Gasteiger partial charge in [-0.25, -0.2) is 0 Å². The Balaban J connectivity index is 2.50. The summed E-state index contributed by atoms with van der Waals surface area (Å²) >= 11 is 0. The Kier molecular flexibility index (Phi) is 5.59. The van der Waals surface area contributed by atoms with Crippen molar-refractivity contribution in [1.82, 2.24) is 5.32 Å². The molecule has 0 aromatic heterocycles. The van der Waals surface area contributed by atoms with E-state index in [1.165, 1.54) is 17.2 Å². The minimum atomic E-state index is -0.381. The number of rotatable bonds is 5. The molecule has 0 bridgehead atoms. The van der Waals surface area contributed by atoms with Gasteiger partial charge in [-0.2, -0.15) is 0 Å². The molecule has 98 valence electrons. The van der Waals surface area contributed by atoms with Crippen LogP contribution in [0.25, 0.3) is 6.08 Å². The number of aliphatic hydroxyl groups excluding tert-OH is 1. The first-order valence-electron chi connectivity index (χ1n) is 6.19. The molecule has 18 heavy (non-hydrogen) atoms. The molecule has 0 aliphatic rings. The van der Waals surface area contributed by atoms with Crippen molar-refractivity contribution < 1.29 is 9.90 Å². The monoisotopic (exact) mass is 247 g/mol. The van der Waals surface area contributed by atoms with Crippen LogP contribution in [-0.2, 0) is 4.79 Å². The number of aliphatic hydroxyl groups is 1. The zero-order chi connectivity index (χ0) is 13.5. The summed E-state index contributed by atoms with van der Waals surface area (Å²) in [7, 11) is 0. The molecule has 3 nitrogen and oxygen atoms in total. The summed E-state index contributed by atoms with van der Waals surface area (Å²) in [5, 5.41) is 11.8. The molecule has 1 rings (SSSR count). The second kappa shape index (κ2) is 6.97. The Bertz CT molecular complexity index is 416. The van der Waals surface area contributed by atoms with Crippen molar-refractivity contribution in [3.63, 3.8) is 0 Å². The van der Waals surface area contributed by atoms with E-state index in [9.17, 15) is 4.79 Å². The van der Waals surface area contributed by atoms with E-state index >= 15 is 0 Å². The zero-order valence-corrected chi connectivity index (χ0v) is 11.2. The van der Waals surface area contributed by atoms with Gasteiger partial charge in [0.25, 0.3) is 0 Å². The predicted molar refractivity (Wildman–Crippen MR) is 74.3 cm³/mol. The number of benzene rings is 1. The van der Waals surface area contributed by atoms with E-state index in [1.54, 1.807) is 13.0 Å². The molecule has 1 aromatic carbocycles. The highest BCUT2D eigenvalue weighted by Crippen LogP contribution is 2.10. The fourth-order valence-corrected chi connectivity index (χ4v) is 1.74. The second-order valence-corrected chi connectivity index (χ2v) is 4.68. The van der Waals surface area contributed by atoms with Gasteiger partial charge in [-0.15, -0.1) is 0 Å². The van der Waals surface area contributed by atoms with Crippen LogP contribution < -0.4 is 5.32 Å². The van der Waals surface area contributed by atoms with Gasteiger partial charge >= 0.3 is 0 Å². The van der Waals surface area contributed by atoms with E-state index in [4.69, 9.17) is 5.11 Å². The summed E-state index contributed by atoms with van der Waals surface area (Å²) in [6, 6.07) is 6.17. The van der Waals surface area contributed by atoms with Crippen LogP contribution >= 0.6 is 0 Å². The van der Waals surface area contributed by atoms with E-state index in [1.807, 2.05) is 26.0 Å². The highest BCUT2D eigenvalue weighted by Gasteiger charge is 1.98. The molecule has 1 aromatic rings. The van der Waals surface area contributed by atoms with Crippen molar-refractivity contribution in [2.75, 3.05) is 6.54 Å². The van der Waals surface area contributed by atoms with Crippen LogP contribution in [0.5, 0.6) is 0 Å². The Morgan fingerprint density at radius 2 is 1.94 bits per heavy atom. The SMILES string of the molecule is Cc1cc(C)cc(/C=C/C(=O)NCCC(C)O)c1. The maximum absolute atomic E-state index is 11.5. The Morgan fingerprint density at radius 3 is 2.50 bits per heavy atom. The summed E-state index contributed by atoms with van der Waals surface area (Å²) in [6.45, 7) is 6.27. The van der Waals surface area contributed by atoms with Crippen LogP contribution in [0, 0.1) is 13.8 Å². The lowest BCUT2D eigenvalue weighted by Gasteiger charge is -2.04. The average Bonchev–Trinajstić information content (AvgIpc) is 2.24. The summed E-state index contributed by atoms with van der Waals surface area (Å²) in [5.74, 6) is -0.130. The summed E-state index contributed by atoms with van der Waals surface area (Å²) in [6.07, 6.45) is 3.52. The quantitative estimate of drug-likeness (QED) is 0.784. The molecule has 0 spiro atoms. The maximum Gasteiger partial charge on any atom is 0.244 e. The smallest absolute Gasteiger partial charge is 0.244 e. The first-order chi connectivity index (χ1) is 8.47. The molecule has 0 radical (unpaired) electrons. The van der Waals surface area contributed by atoms with Crippen LogP contribution in [-0.4, -0.2) is 23.7 Å². The number of nitrogens with one attached hydrogen (secondary N) is 1. The maximum atomic E-state index is 11.5. The normalized spacial score (nSPS) is 12.7. The fraction of sp³-hybridized carbons (Fsp3) is 0.400. The number of carbonyl (C=O) groups is 1. The van der Waals surface area contributed by atoms with E-state index < -0.39 is 0 Å². The van der Waals surface area contributed by atoms with E-state index in [0.717, 1.165) is 5.56 Å². The largest absolute Gasteiger partial charge is 0.393 e. The van der Waals surface area contributed by atoms with Gasteiger partial charge in [-0.05, 0) is 38.8 Å². The molecule has 1 amide bonds. The van der Waals surface area contributed by atoms with E-state index in [2.05, 4.69) is 11.4 Å². The number of amides is 1. The molecule has 0 aliphatic carbocycles. The van der Waals surface area contributed by atoms with Crippen molar-refractivity contribution in [2.45, 2.75) is 33.3 Å². The van der Waals surface area contributed by atoms with Crippen molar-refractivity contribution in [1.29, 1.82) is 0 Å². The van der Waals surface area contributed by atoms with Crippen molar-refractivity contribution in [3.05, 3.63) is 41.0 Å². The Hall–Kier alpha value is -1.61. The topological polar surface area (TPSA) is 49.3 Å². The van der Waals surface area contributed by atoms with Gasteiger partial charge in [-0.3, -0.25) is 4.79 Å². The Morgan fingerprint density at radius 1 is 1.33 bits per heavy atom. The van der Waals surface area contributed by atoms with Crippen LogP contribution in [0.2, 0.25) is 0 Å². The lowest BCUT2D eigenvalue weighted by Crippen LogP contribution is -2.24. The van der Waals surface area contributed by atoms with E-state index in [0.29, 0.717) is 13.0 Å². The van der Waals surface area contributed by atoms with Gasteiger partial charge < -0.3 is 10.4 Å². The molecule has 0 heterocycles. The van der Waals surface area contributed by atoms with E-state index in [-0.39, 0.29) is 12.0 Å². The first kappa shape index (κ1) is 14.5. The highest BCUT2D eigenvalue weighted by molar-refractivity contribution is 5.91. The molecular formula is C15H21NO2. The minimum absolute atomic E-state index is 0.130. The van der Waals surface area contributed by atoms with Gasteiger partial charge in [0.1, 0.15) is 0 Å². The van der Waals surface area contributed by atoms with Crippen molar-refractivity contribution in [3.8, 4) is 0 Å². The number of hydrogen-bond donors (Lipinski definition) is 2. The summed E-state index contributed by atoms with van der Waals surface area (Å²) in [5.41, 5.74) is 3.39. The Labute approximate surface area is 109 Å². The summed E-state index contributed by atoms with van der Waals surface area (Å²) in [4.78, 5) is 11.5. The molecule has 0 saturated carbocycles. The number of carbonyl (C=O) groups excluding carboxylic acids is 1. The van der Waals surface area contributed by atoms with Gasteiger partial charge in [0.15, 0.2) is 0 Å². The number of hydrogen-bond acceptors (Lipinski definition) is 2. The summed E-state index contributed by atoms with van der Waals surface area (Å²) < 4.78 is 0. The molecule has 3 heteroatoms. The van der Waals surface area contributed by atoms with Gasteiger partial charge in [0.2, 0.25) is 5.91 Å². The molecular weight excluding hydrogens is 226 g/mol. The third-order valence-electron chi connectivity index (χ3n) is 2.53. The van der Waals surface area contributed by atoms with Crippen molar-refractivity contribution >= 4 is 12.0 Å². The lowest BCUT2D eigenvalue weighted by atomic mass is 10.1. The zero-order valence-electron chi connectivity index (χ0n) is 11.2. The molecule has 0 fully saturated rings. The first-order valence-corrected chi connectivity index (χ1v) is 6.19. The molecule has 0 aliphatic heterocycles. The van der Waals surface area contributed by atoms with Gasteiger partial charge in [0, 0.05) is 12.6 Å². The second-order valence-electron chi connectivity index (χ2n) is 4.68. The molecule has 1 unspecified atom stereocenters. The third-order valence-corrected chi connectivity index (χ3v) is 2.53. The highest BCUT2D eigenvalue weighted by atomic mass is 16.3. The van der Waals surface area contributed by atoms with Gasteiger partial charge in [-0.1, -0.05) is 29.3 Å². The molecule has 2 N–H and O–H groups in total. The van der Waals surface area contributed by atoms with Crippen LogP contribution in [0.1, 0.15) is 30.0 Å². The standard InChI is InChI=1S/C15H21NO2/c1-11-8-12(2)10-14(9-11)4-5-15(18)16-7-6-13(3)17/h4-5,8-10,13,17H,6-7H2,1-3H3,(H,16,18)/b5-4+. The fourth-order valence-electron chi connectivity index (χ4n) is 1.74. The van der Waals surface area contributed by atoms with Crippen LogP contribution in [0.4, 0.5) is 0 Å². The van der Waals surface area contributed by atoms with Gasteiger partial charge in [0.05, 0.1) is 6.10 Å². The predicted octanol–water partition coefficient (Wildman–Crippen LogP) is 2.20. The third kappa shape index (κ3) is 5.64. The van der Waals surface area contributed by atoms with Crippen molar-refractivity contribution in [2.24, 2.45) is 0 Å². The van der Waals surface area contributed by atoms with Crippen LogP contribution in [0.15, 0.2) is 24.3 Å². The lowest BCUT2D eigenvalue weighted by molar-refractivity contribution is -0.116. The average molecular weight is 247 g/mol. The minimum Gasteiger partial charge on any atom is -0.393 e. The molecule has 1 atom stereocenters. The van der Waals surface area contributed by atoms with Crippen LogP contribution in [0.3, 0.4) is 0 Å².